The average Bonchev–Trinajstić information content (AvgIpc) is 2.15. The van der Waals surface area contributed by atoms with E-state index in [2.05, 4.69) is 21.6 Å². The maximum absolute atomic E-state index is 11.8. The van der Waals surface area contributed by atoms with E-state index in [1.54, 1.807) is 6.07 Å². The van der Waals surface area contributed by atoms with Crippen molar-refractivity contribution in [2.24, 2.45) is 0 Å². The predicted octanol–water partition coefficient (Wildman–Crippen LogP) is 2.58. The van der Waals surface area contributed by atoms with E-state index >= 15 is 0 Å². The maximum Gasteiger partial charge on any atom is 0.422 e. The van der Waals surface area contributed by atoms with Gasteiger partial charge in [0.15, 0.2) is 6.61 Å². The molecule has 1 rings (SSSR count). The van der Waals surface area contributed by atoms with E-state index in [-0.39, 0.29) is 5.88 Å². The number of nitrogens with one attached hydrogen (secondary N) is 1. The summed E-state index contributed by atoms with van der Waals surface area (Å²) < 4.78 is 39.9. The molecule has 3 nitrogen and oxygen atoms in total. The van der Waals surface area contributed by atoms with Gasteiger partial charge in [-0.2, -0.15) is 18.2 Å². The number of aromatic nitrogens is 1. The first kappa shape index (κ1) is 11.4. The summed E-state index contributed by atoms with van der Waals surface area (Å²) in [6, 6.07) is 4.46. The van der Waals surface area contributed by atoms with Gasteiger partial charge in [0.1, 0.15) is 5.82 Å². The third-order valence-electron chi connectivity index (χ3n) is 1.36. The van der Waals surface area contributed by atoms with Crippen LogP contribution in [0.2, 0.25) is 0 Å². The van der Waals surface area contributed by atoms with Crippen molar-refractivity contribution in [3.63, 3.8) is 0 Å². The van der Waals surface area contributed by atoms with Gasteiger partial charge in [0, 0.05) is 6.07 Å². The highest BCUT2D eigenvalue weighted by Crippen LogP contribution is 2.17. The molecule has 82 valence electrons. The molecule has 0 saturated carbocycles. The summed E-state index contributed by atoms with van der Waals surface area (Å²) in [5.41, 5.74) is 0. The van der Waals surface area contributed by atoms with Gasteiger partial charge < -0.3 is 10.1 Å². The number of alkyl halides is 3. The van der Waals surface area contributed by atoms with Gasteiger partial charge in [-0.1, -0.05) is 12.6 Å². The minimum atomic E-state index is -4.36. The Morgan fingerprint density at radius 1 is 1.47 bits per heavy atom. The molecule has 1 aromatic heterocycles. The third-order valence-corrected chi connectivity index (χ3v) is 1.36. The van der Waals surface area contributed by atoms with Crippen LogP contribution in [0.25, 0.3) is 0 Å². The highest BCUT2D eigenvalue weighted by molar-refractivity contribution is 5.39. The minimum Gasteiger partial charge on any atom is -0.468 e. The molecule has 0 radical (unpaired) electrons. The summed E-state index contributed by atoms with van der Waals surface area (Å²) in [5, 5.41) is 2.64. The molecule has 0 amide bonds. The first-order valence-corrected chi connectivity index (χ1v) is 4.05. The number of ether oxygens (including phenoxy) is 1. The van der Waals surface area contributed by atoms with Crippen LogP contribution in [-0.2, 0) is 0 Å². The van der Waals surface area contributed by atoms with Gasteiger partial charge in [-0.05, 0) is 12.3 Å². The van der Waals surface area contributed by atoms with Crippen molar-refractivity contribution in [3.05, 3.63) is 31.0 Å². The van der Waals surface area contributed by atoms with Crippen molar-refractivity contribution >= 4 is 5.82 Å². The summed E-state index contributed by atoms with van der Waals surface area (Å²) >= 11 is 0. The highest BCUT2D eigenvalue weighted by atomic mass is 19.4. The number of anilines is 1. The molecule has 0 aliphatic carbocycles. The van der Waals surface area contributed by atoms with Crippen molar-refractivity contribution in [1.29, 1.82) is 0 Å². The van der Waals surface area contributed by atoms with E-state index in [1.165, 1.54) is 18.3 Å². The second-order valence-electron chi connectivity index (χ2n) is 2.61. The summed E-state index contributed by atoms with van der Waals surface area (Å²) in [5.74, 6) is 0.295. The van der Waals surface area contributed by atoms with Gasteiger partial charge in [0.05, 0.1) is 0 Å². The van der Waals surface area contributed by atoms with Gasteiger partial charge >= 0.3 is 6.18 Å². The zero-order valence-corrected chi connectivity index (χ0v) is 7.71. The lowest BCUT2D eigenvalue weighted by molar-refractivity contribution is -0.154. The molecule has 0 aromatic carbocycles. The smallest absolute Gasteiger partial charge is 0.422 e. The molecule has 0 unspecified atom stereocenters. The van der Waals surface area contributed by atoms with Crippen LogP contribution in [0.4, 0.5) is 19.0 Å². The van der Waals surface area contributed by atoms with Crippen LogP contribution in [0.1, 0.15) is 0 Å². The fraction of sp³-hybridized carbons (Fsp3) is 0.222. The van der Waals surface area contributed by atoms with Crippen molar-refractivity contribution in [1.82, 2.24) is 4.98 Å². The minimum absolute atomic E-state index is 0.0841. The Kier molecular flexibility index (Phi) is 3.54. The number of pyridine rings is 1. The van der Waals surface area contributed by atoms with Crippen LogP contribution in [-0.4, -0.2) is 17.8 Å². The molecule has 15 heavy (non-hydrogen) atoms. The molecule has 0 aliphatic rings. The monoisotopic (exact) mass is 218 g/mol. The summed E-state index contributed by atoms with van der Waals surface area (Å²) in [7, 11) is 0. The second-order valence-corrected chi connectivity index (χ2v) is 2.61. The zero-order chi connectivity index (χ0) is 11.3. The molecule has 0 fully saturated rings. The van der Waals surface area contributed by atoms with Gasteiger partial charge in [-0.3, -0.25) is 0 Å². The summed E-state index contributed by atoms with van der Waals surface area (Å²) in [6.07, 6.45) is -2.99. The molecule has 0 saturated heterocycles. The van der Waals surface area contributed by atoms with E-state index < -0.39 is 12.8 Å². The maximum atomic E-state index is 11.8. The number of hydrogen-bond acceptors (Lipinski definition) is 3. The first-order valence-electron chi connectivity index (χ1n) is 4.05. The molecule has 0 atom stereocenters. The van der Waals surface area contributed by atoms with Crippen molar-refractivity contribution in [2.45, 2.75) is 6.18 Å². The number of halogens is 3. The molecule has 6 heteroatoms. The SMILES string of the molecule is C=CNc1cccc(OCC(F)(F)F)n1. The fourth-order valence-corrected chi connectivity index (χ4v) is 0.836. The van der Waals surface area contributed by atoms with Crippen LogP contribution < -0.4 is 10.1 Å². The quantitative estimate of drug-likeness (QED) is 0.843. The number of rotatable bonds is 4. The van der Waals surface area contributed by atoms with E-state index in [4.69, 9.17) is 0 Å². The molecule has 1 N–H and O–H groups in total. The zero-order valence-electron chi connectivity index (χ0n) is 7.71. The van der Waals surface area contributed by atoms with Crippen LogP contribution in [0, 0.1) is 0 Å². The average molecular weight is 218 g/mol. The number of hydrogen-bond donors (Lipinski definition) is 1. The lowest BCUT2D eigenvalue weighted by Crippen LogP contribution is -2.19. The molecular formula is C9H9F3N2O. The van der Waals surface area contributed by atoms with Crippen molar-refractivity contribution < 1.29 is 17.9 Å². The van der Waals surface area contributed by atoms with E-state index in [9.17, 15) is 13.2 Å². The molecule has 0 spiro atoms. The number of nitrogens with zero attached hydrogens (tertiary/aromatic N) is 1. The Hall–Kier alpha value is -1.72. The normalized spacial score (nSPS) is 10.9. The van der Waals surface area contributed by atoms with Crippen molar-refractivity contribution in [3.8, 4) is 5.88 Å². The van der Waals surface area contributed by atoms with E-state index in [0.717, 1.165) is 0 Å². The highest BCUT2D eigenvalue weighted by Gasteiger charge is 2.28. The van der Waals surface area contributed by atoms with Crippen LogP contribution in [0.15, 0.2) is 31.0 Å². The largest absolute Gasteiger partial charge is 0.468 e. The Morgan fingerprint density at radius 3 is 2.80 bits per heavy atom. The summed E-state index contributed by atoms with van der Waals surface area (Å²) in [4.78, 5) is 3.76. The van der Waals surface area contributed by atoms with Gasteiger partial charge in [0.25, 0.3) is 0 Å². The Balaban J connectivity index is 2.61. The fourth-order valence-electron chi connectivity index (χ4n) is 0.836. The van der Waals surface area contributed by atoms with Gasteiger partial charge in [-0.15, -0.1) is 0 Å². The van der Waals surface area contributed by atoms with Crippen molar-refractivity contribution in [2.75, 3.05) is 11.9 Å². The van der Waals surface area contributed by atoms with Gasteiger partial charge in [-0.25, -0.2) is 0 Å². The van der Waals surface area contributed by atoms with E-state index in [0.29, 0.717) is 5.82 Å². The molecule has 1 heterocycles. The molecule has 1 aromatic rings. The Labute approximate surface area is 84.6 Å². The third kappa shape index (κ3) is 4.35. The predicted molar refractivity (Wildman–Crippen MR) is 49.6 cm³/mol. The standard InChI is InChI=1S/C9H9F3N2O/c1-2-13-7-4-3-5-8(14-7)15-6-9(10,11)12/h2-5H,1,6H2,(H,13,14). The molecular weight excluding hydrogens is 209 g/mol. The Morgan fingerprint density at radius 2 is 2.20 bits per heavy atom. The van der Waals surface area contributed by atoms with Crippen LogP contribution >= 0.6 is 0 Å². The van der Waals surface area contributed by atoms with Crippen LogP contribution in [0.5, 0.6) is 5.88 Å². The first-order chi connectivity index (χ1) is 7.01. The van der Waals surface area contributed by atoms with Crippen LogP contribution in [0.3, 0.4) is 0 Å². The summed E-state index contributed by atoms with van der Waals surface area (Å²) in [6.45, 7) is 2.05. The van der Waals surface area contributed by atoms with Gasteiger partial charge in [0.2, 0.25) is 5.88 Å². The lowest BCUT2D eigenvalue weighted by atomic mass is 10.4. The lowest BCUT2D eigenvalue weighted by Gasteiger charge is -2.08. The topological polar surface area (TPSA) is 34.1 Å². The molecule has 0 aliphatic heterocycles. The van der Waals surface area contributed by atoms with E-state index in [1.807, 2.05) is 0 Å². The molecule has 0 bridgehead atoms. The Bertz CT molecular complexity index is 338. The second kappa shape index (κ2) is 4.68.